The SMILES string of the molecule is CCCCCn1c(=O)n(CCO)c(=O)c2[nH]c(C(F)(F)F)nc21. The first kappa shape index (κ1) is 17.3. The highest BCUT2D eigenvalue weighted by atomic mass is 19.4. The Labute approximate surface area is 128 Å². The van der Waals surface area contributed by atoms with E-state index in [0.29, 0.717) is 11.0 Å². The fraction of sp³-hybridized carbons (Fsp3) is 0.615. The molecule has 0 radical (unpaired) electrons. The fourth-order valence-electron chi connectivity index (χ4n) is 2.32. The third-order valence-corrected chi connectivity index (χ3v) is 3.44. The maximum absolute atomic E-state index is 12.8. The number of unbranched alkanes of at least 4 members (excludes halogenated alkanes) is 2. The van der Waals surface area contributed by atoms with Crippen molar-refractivity contribution in [1.29, 1.82) is 0 Å². The number of alkyl halides is 3. The van der Waals surface area contributed by atoms with Crippen molar-refractivity contribution in [2.45, 2.75) is 45.5 Å². The van der Waals surface area contributed by atoms with Gasteiger partial charge in [0.25, 0.3) is 5.56 Å². The van der Waals surface area contributed by atoms with Gasteiger partial charge in [0, 0.05) is 6.54 Å². The van der Waals surface area contributed by atoms with Crippen molar-refractivity contribution in [3.8, 4) is 0 Å². The summed E-state index contributed by atoms with van der Waals surface area (Å²) in [5.74, 6) is -1.32. The summed E-state index contributed by atoms with van der Waals surface area (Å²) < 4.78 is 40.2. The Kier molecular flexibility index (Phi) is 4.93. The number of aromatic amines is 1. The van der Waals surface area contributed by atoms with E-state index in [4.69, 9.17) is 5.11 Å². The van der Waals surface area contributed by atoms with Gasteiger partial charge in [-0.2, -0.15) is 13.2 Å². The van der Waals surface area contributed by atoms with Crippen LogP contribution in [0.25, 0.3) is 11.2 Å². The molecule has 2 heterocycles. The predicted octanol–water partition coefficient (Wildman–Crippen LogP) is 1.09. The summed E-state index contributed by atoms with van der Waals surface area (Å²) in [4.78, 5) is 29.8. The van der Waals surface area contributed by atoms with Gasteiger partial charge in [-0.1, -0.05) is 19.8 Å². The zero-order chi connectivity index (χ0) is 17.2. The van der Waals surface area contributed by atoms with E-state index in [1.807, 2.05) is 11.9 Å². The lowest BCUT2D eigenvalue weighted by Crippen LogP contribution is -2.41. The minimum absolute atomic E-state index is 0.150. The maximum atomic E-state index is 12.8. The van der Waals surface area contributed by atoms with E-state index >= 15 is 0 Å². The van der Waals surface area contributed by atoms with Gasteiger partial charge in [-0.05, 0) is 6.42 Å². The number of hydrogen-bond acceptors (Lipinski definition) is 4. The molecule has 0 bridgehead atoms. The van der Waals surface area contributed by atoms with Gasteiger partial charge in [0.05, 0.1) is 13.2 Å². The van der Waals surface area contributed by atoms with Crippen LogP contribution in [0.15, 0.2) is 9.59 Å². The Hall–Kier alpha value is -2.10. The number of hydrogen-bond donors (Lipinski definition) is 2. The van der Waals surface area contributed by atoms with Crippen molar-refractivity contribution in [3.05, 3.63) is 26.7 Å². The molecule has 2 aromatic rings. The van der Waals surface area contributed by atoms with Gasteiger partial charge in [0.1, 0.15) is 5.52 Å². The summed E-state index contributed by atoms with van der Waals surface area (Å²) in [6.07, 6.45) is -2.54. The monoisotopic (exact) mass is 334 g/mol. The summed E-state index contributed by atoms with van der Waals surface area (Å²) in [5.41, 5.74) is -2.39. The number of H-pyrrole nitrogens is 1. The minimum atomic E-state index is -4.75. The molecule has 128 valence electrons. The molecule has 0 saturated carbocycles. The van der Waals surface area contributed by atoms with Crippen molar-refractivity contribution in [3.63, 3.8) is 0 Å². The number of rotatable bonds is 6. The summed E-state index contributed by atoms with van der Waals surface area (Å²) in [7, 11) is 0. The molecule has 0 aliphatic rings. The Morgan fingerprint density at radius 3 is 2.43 bits per heavy atom. The predicted molar refractivity (Wildman–Crippen MR) is 76.2 cm³/mol. The molecule has 0 aliphatic carbocycles. The Morgan fingerprint density at radius 2 is 1.87 bits per heavy atom. The van der Waals surface area contributed by atoms with Crippen LogP contribution in [0.1, 0.15) is 32.0 Å². The molecular formula is C13H17F3N4O3. The lowest BCUT2D eigenvalue weighted by molar-refractivity contribution is -0.144. The second-order valence-electron chi connectivity index (χ2n) is 5.10. The number of aryl methyl sites for hydroxylation is 1. The number of nitrogens with one attached hydrogen (secondary N) is 1. The Bertz CT molecular complexity index is 804. The van der Waals surface area contributed by atoms with Crippen LogP contribution in [-0.2, 0) is 19.3 Å². The highest BCUT2D eigenvalue weighted by molar-refractivity contribution is 5.70. The summed E-state index contributed by atoms with van der Waals surface area (Å²) >= 11 is 0. The van der Waals surface area contributed by atoms with Crippen LogP contribution >= 0.6 is 0 Å². The standard InChI is InChI=1S/C13H17F3N4O3/c1-2-3-4-5-19-9-8(17-11(18-9)13(14,15)16)10(22)20(6-7-21)12(19)23/h21H,2-7H2,1H3,(H,17,18). The van der Waals surface area contributed by atoms with Crippen molar-refractivity contribution in [1.82, 2.24) is 19.1 Å². The average molecular weight is 334 g/mol. The topological polar surface area (TPSA) is 92.9 Å². The number of aromatic nitrogens is 4. The number of aliphatic hydroxyl groups is 1. The van der Waals surface area contributed by atoms with Gasteiger partial charge < -0.3 is 10.1 Å². The smallest absolute Gasteiger partial charge is 0.395 e. The molecule has 0 saturated heterocycles. The molecule has 2 N–H and O–H groups in total. The molecule has 0 unspecified atom stereocenters. The number of imidazole rings is 1. The largest absolute Gasteiger partial charge is 0.449 e. The third-order valence-electron chi connectivity index (χ3n) is 3.44. The molecule has 10 heteroatoms. The maximum Gasteiger partial charge on any atom is 0.449 e. The average Bonchev–Trinajstić information content (AvgIpc) is 2.92. The van der Waals surface area contributed by atoms with Crippen molar-refractivity contribution < 1.29 is 18.3 Å². The van der Waals surface area contributed by atoms with Crippen molar-refractivity contribution in [2.75, 3.05) is 6.61 Å². The zero-order valence-corrected chi connectivity index (χ0v) is 12.5. The van der Waals surface area contributed by atoms with Crippen LogP contribution in [0.2, 0.25) is 0 Å². The van der Waals surface area contributed by atoms with E-state index in [9.17, 15) is 22.8 Å². The third kappa shape index (κ3) is 3.31. The van der Waals surface area contributed by atoms with E-state index in [2.05, 4.69) is 4.98 Å². The second-order valence-corrected chi connectivity index (χ2v) is 5.10. The van der Waals surface area contributed by atoms with Crippen LogP contribution < -0.4 is 11.2 Å². The Balaban J connectivity index is 2.71. The van der Waals surface area contributed by atoms with Gasteiger partial charge in [-0.15, -0.1) is 0 Å². The number of halogens is 3. The lowest BCUT2D eigenvalue weighted by atomic mass is 10.2. The first-order valence-corrected chi connectivity index (χ1v) is 7.22. The van der Waals surface area contributed by atoms with E-state index in [-0.39, 0.29) is 24.3 Å². The summed E-state index contributed by atoms with van der Waals surface area (Å²) in [6, 6.07) is 0. The van der Waals surface area contributed by atoms with E-state index in [0.717, 1.165) is 17.4 Å². The summed E-state index contributed by atoms with van der Waals surface area (Å²) in [5, 5.41) is 8.97. The van der Waals surface area contributed by atoms with Gasteiger partial charge in [0.2, 0.25) is 5.82 Å². The molecule has 0 aromatic carbocycles. The molecule has 0 fully saturated rings. The molecule has 7 nitrogen and oxygen atoms in total. The van der Waals surface area contributed by atoms with Crippen molar-refractivity contribution >= 4 is 11.2 Å². The second kappa shape index (κ2) is 6.57. The van der Waals surface area contributed by atoms with Gasteiger partial charge in [-0.25, -0.2) is 9.78 Å². The minimum Gasteiger partial charge on any atom is -0.395 e. The van der Waals surface area contributed by atoms with E-state index in [1.165, 1.54) is 0 Å². The first-order chi connectivity index (χ1) is 10.8. The number of aliphatic hydroxyl groups excluding tert-OH is 1. The van der Waals surface area contributed by atoms with Gasteiger partial charge in [0.15, 0.2) is 5.65 Å². The molecule has 2 rings (SSSR count). The normalized spacial score (nSPS) is 12.2. The molecule has 0 spiro atoms. The first-order valence-electron chi connectivity index (χ1n) is 7.22. The van der Waals surface area contributed by atoms with Gasteiger partial charge >= 0.3 is 11.9 Å². The highest BCUT2D eigenvalue weighted by Crippen LogP contribution is 2.27. The molecule has 2 aromatic heterocycles. The molecule has 0 aliphatic heterocycles. The molecule has 0 atom stereocenters. The van der Waals surface area contributed by atoms with E-state index in [1.54, 1.807) is 0 Å². The Morgan fingerprint density at radius 1 is 1.17 bits per heavy atom. The number of nitrogens with zero attached hydrogens (tertiary/aromatic N) is 3. The fourth-order valence-corrected chi connectivity index (χ4v) is 2.32. The van der Waals surface area contributed by atoms with Crippen LogP contribution in [0, 0.1) is 0 Å². The summed E-state index contributed by atoms with van der Waals surface area (Å²) in [6.45, 7) is 1.33. The number of fused-ring (bicyclic) bond motifs is 1. The molecule has 0 amide bonds. The highest BCUT2D eigenvalue weighted by Gasteiger charge is 2.36. The van der Waals surface area contributed by atoms with Crippen LogP contribution in [0.4, 0.5) is 13.2 Å². The zero-order valence-electron chi connectivity index (χ0n) is 12.5. The van der Waals surface area contributed by atoms with Gasteiger partial charge in [-0.3, -0.25) is 13.9 Å². The van der Waals surface area contributed by atoms with Crippen LogP contribution in [0.3, 0.4) is 0 Å². The lowest BCUT2D eigenvalue weighted by Gasteiger charge is -2.10. The van der Waals surface area contributed by atoms with Crippen LogP contribution in [-0.4, -0.2) is 30.8 Å². The van der Waals surface area contributed by atoms with E-state index < -0.39 is 29.9 Å². The quantitative estimate of drug-likeness (QED) is 0.774. The van der Waals surface area contributed by atoms with Crippen LogP contribution in [0.5, 0.6) is 0 Å². The molecular weight excluding hydrogens is 317 g/mol. The van der Waals surface area contributed by atoms with Crippen molar-refractivity contribution in [2.24, 2.45) is 0 Å². The molecule has 23 heavy (non-hydrogen) atoms.